The Labute approximate surface area is 81.0 Å². The molecule has 1 aliphatic carbocycles. The fourth-order valence-electron chi connectivity index (χ4n) is 2.22. The summed E-state index contributed by atoms with van der Waals surface area (Å²) in [5.74, 6) is 0.360. The molecule has 0 bridgehead atoms. The molecule has 0 aromatic carbocycles. The zero-order valence-corrected chi connectivity index (χ0v) is 9.01. The molecule has 1 saturated carbocycles. The van der Waals surface area contributed by atoms with Crippen LogP contribution in [-0.4, -0.2) is 21.4 Å². The van der Waals surface area contributed by atoms with Gasteiger partial charge in [-0.25, -0.2) is 0 Å². The minimum Gasteiger partial charge on any atom is -0.390 e. The fraction of sp³-hybridized carbons (Fsp3) is 1.00. The topological polar surface area (TPSA) is 40.5 Å². The second kappa shape index (κ2) is 3.58. The Morgan fingerprint density at radius 1 is 1.31 bits per heavy atom. The molecule has 0 atom stereocenters. The van der Waals surface area contributed by atoms with E-state index in [1.165, 1.54) is 0 Å². The summed E-state index contributed by atoms with van der Waals surface area (Å²) < 4.78 is 0. The number of rotatable bonds is 2. The summed E-state index contributed by atoms with van der Waals surface area (Å²) in [5.41, 5.74) is -1.02. The first-order valence-electron chi connectivity index (χ1n) is 5.32. The molecule has 2 nitrogen and oxygen atoms in total. The highest BCUT2D eigenvalue weighted by Gasteiger charge is 2.36. The molecular formula is C11H22O2. The lowest BCUT2D eigenvalue weighted by atomic mass is 9.72. The summed E-state index contributed by atoms with van der Waals surface area (Å²) in [7, 11) is 0. The van der Waals surface area contributed by atoms with Gasteiger partial charge in [0.25, 0.3) is 0 Å². The van der Waals surface area contributed by atoms with Crippen LogP contribution in [0.5, 0.6) is 0 Å². The number of aliphatic hydroxyl groups is 2. The van der Waals surface area contributed by atoms with Gasteiger partial charge in [-0.05, 0) is 51.9 Å². The lowest BCUT2D eigenvalue weighted by Gasteiger charge is -2.40. The minimum absolute atomic E-state index is 0.360. The van der Waals surface area contributed by atoms with Gasteiger partial charge < -0.3 is 10.2 Å². The first kappa shape index (κ1) is 11.0. The average molecular weight is 186 g/mol. The minimum atomic E-state index is -0.574. The summed E-state index contributed by atoms with van der Waals surface area (Å²) in [6.45, 7) is 5.77. The highest BCUT2D eigenvalue weighted by molar-refractivity contribution is 4.89. The summed E-state index contributed by atoms with van der Waals surface area (Å²) in [6, 6.07) is 0. The predicted octanol–water partition coefficient (Wildman–Crippen LogP) is 2.09. The van der Waals surface area contributed by atoms with E-state index < -0.39 is 11.2 Å². The summed E-state index contributed by atoms with van der Waals surface area (Å²) in [6.07, 6.45) is 4.43. The van der Waals surface area contributed by atoms with Crippen molar-refractivity contribution in [2.24, 2.45) is 5.92 Å². The lowest BCUT2D eigenvalue weighted by molar-refractivity contribution is -0.0609. The quantitative estimate of drug-likeness (QED) is 0.693. The summed E-state index contributed by atoms with van der Waals surface area (Å²) >= 11 is 0. The Bertz CT molecular complexity index is 161. The smallest absolute Gasteiger partial charge is 0.0645 e. The van der Waals surface area contributed by atoms with Crippen LogP contribution in [0.4, 0.5) is 0 Å². The molecule has 2 N–H and O–H groups in total. The lowest BCUT2D eigenvalue weighted by Crippen LogP contribution is -2.40. The largest absolute Gasteiger partial charge is 0.390 e. The summed E-state index contributed by atoms with van der Waals surface area (Å²) in [5, 5.41) is 19.8. The molecule has 78 valence electrons. The van der Waals surface area contributed by atoms with Crippen LogP contribution in [-0.2, 0) is 0 Å². The molecule has 1 aliphatic rings. The molecule has 0 saturated heterocycles. The Morgan fingerprint density at radius 2 is 1.77 bits per heavy atom. The predicted molar refractivity (Wildman–Crippen MR) is 53.5 cm³/mol. The summed E-state index contributed by atoms with van der Waals surface area (Å²) in [4.78, 5) is 0. The van der Waals surface area contributed by atoms with Gasteiger partial charge in [-0.1, -0.05) is 6.92 Å². The van der Waals surface area contributed by atoms with Crippen LogP contribution >= 0.6 is 0 Å². The van der Waals surface area contributed by atoms with E-state index in [9.17, 15) is 10.2 Å². The van der Waals surface area contributed by atoms with Gasteiger partial charge in [0.15, 0.2) is 0 Å². The third-order valence-electron chi connectivity index (χ3n) is 3.57. The molecule has 0 unspecified atom stereocenters. The molecule has 0 aliphatic heterocycles. The van der Waals surface area contributed by atoms with Gasteiger partial charge in [-0.2, -0.15) is 0 Å². The maximum atomic E-state index is 9.98. The van der Waals surface area contributed by atoms with Gasteiger partial charge in [0.05, 0.1) is 11.2 Å². The third-order valence-corrected chi connectivity index (χ3v) is 3.57. The van der Waals surface area contributed by atoms with Crippen molar-refractivity contribution in [3.8, 4) is 0 Å². The zero-order valence-electron chi connectivity index (χ0n) is 9.01. The Hall–Kier alpha value is -0.0800. The van der Waals surface area contributed by atoms with Crippen molar-refractivity contribution < 1.29 is 10.2 Å². The Kier molecular flexibility index (Phi) is 3.03. The van der Waals surface area contributed by atoms with Crippen molar-refractivity contribution in [1.29, 1.82) is 0 Å². The van der Waals surface area contributed by atoms with E-state index in [0.29, 0.717) is 5.92 Å². The van der Waals surface area contributed by atoms with Crippen molar-refractivity contribution in [2.75, 3.05) is 0 Å². The van der Waals surface area contributed by atoms with Crippen molar-refractivity contribution in [3.05, 3.63) is 0 Å². The average Bonchev–Trinajstić information content (AvgIpc) is 2.04. The van der Waals surface area contributed by atoms with Crippen LogP contribution in [0.3, 0.4) is 0 Å². The molecule has 0 aromatic rings. The monoisotopic (exact) mass is 186 g/mol. The van der Waals surface area contributed by atoms with Gasteiger partial charge in [-0.3, -0.25) is 0 Å². The molecule has 0 spiro atoms. The van der Waals surface area contributed by atoms with E-state index in [0.717, 1.165) is 32.1 Å². The SMILES string of the molecule is CCC1(O)CCC(C(C)(C)O)CC1. The van der Waals surface area contributed by atoms with Gasteiger partial charge in [-0.15, -0.1) is 0 Å². The molecule has 0 aromatic heterocycles. The van der Waals surface area contributed by atoms with E-state index in [1.807, 2.05) is 20.8 Å². The molecule has 0 amide bonds. The van der Waals surface area contributed by atoms with Crippen LogP contribution < -0.4 is 0 Å². The van der Waals surface area contributed by atoms with Crippen LogP contribution in [0.2, 0.25) is 0 Å². The molecule has 1 fully saturated rings. The van der Waals surface area contributed by atoms with E-state index >= 15 is 0 Å². The normalized spacial score (nSPS) is 36.2. The van der Waals surface area contributed by atoms with E-state index in [1.54, 1.807) is 0 Å². The number of hydrogen-bond donors (Lipinski definition) is 2. The van der Waals surface area contributed by atoms with Crippen LogP contribution in [0.15, 0.2) is 0 Å². The van der Waals surface area contributed by atoms with Gasteiger partial charge in [0.2, 0.25) is 0 Å². The maximum absolute atomic E-state index is 9.98. The second-order valence-corrected chi connectivity index (χ2v) is 5.01. The molecule has 0 heterocycles. The van der Waals surface area contributed by atoms with Crippen LogP contribution in [0.25, 0.3) is 0 Å². The van der Waals surface area contributed by atoms with Crippen molar-refractivity contribution in [1.82, 2.24) is 0 Å². The van der Waals surface area contributed by atoms with E-state index in [4.69, 9.17) is 0 Å². The zero-order chi connectivity index (χ0) is 10.1. The maximum Gasteiger partial charge on any atom is 0.0645 e. The molecular weight excluding hydrogens is 164 g/mol. The second-order valence-electron chi connectivity index (χ2n) is 5.01. The Balaban J connectivity index is 2.48. The van der Waals surface area contributed by atoms with Crippen molar-refractivity contribution in [2.45, 2.75) is 64.1 Å². The first-order valence-corrected chi connectivity index (χ1v) is 5.32. The molecule has 0 radical (unpaired) electrons. The van der Waals surface area contributed by atoms with Crippen molar-refractivity contribution >= 4 is 0 Å². The third kappa shape index (κ3) is 2.68. The van der Waals surface area contributed by atoms with Crippen LogP contribution in [0, 0.1) is 5.92 Å². The molecule has 13 heavy (non-hydrogen) atoms. The van der Waals surface area contributed by atoms with Crippen molar-refractivity contribution in [3.63, 3.8) is 0 Å². The molecule has 2 heteroatoms. The van der Waals surface area contributed by atoms with Gasteiger partial charge in [0.1, 0.15) is 0 Å². The molecule has 1 rings (SSSR count). The fourth-order valence-corrected chi connectivity index (χ4v) is 2.22. The highest BCUT2D eigenvalue weighted by atomic mass is 16.3. The van der Waals surface area contributed by atoms with Gasteiger partial charge >= 0.3 is 0 Å². The van der Waals surface area contributed by atoms with Crippen LogP contribution in [0.1, 0.15) is 52.9 Å². The highest BCUT2D eigenvalue weighted by Crippen LogP contribution is 2.38. The van der Waals surface area contributed by atoms with Gasteiger partial charge in [0, 0.05) is 0 Å². The first-order chi connectivity index (χ1) is 5.87. The van der Waals surface area contributed by atoms with E-state index in [-0.39, 0.29) is 0 Å². The standard InChI is InChI=1S/C11H22O2/c1-4-11(13)7-5-9(6-8-11)10(2,3)12/h9,12-13H,4-8H2,1-3H3. The Morgan fingerprint density at radius 3 is 2.08 bits per heavy atom. The van der Waals surface area contributed by atoms with E-state index in [2.05, 4.69) is 0 Å². The number of hydrogen-bond acceptors (Lipinski definition) is 2.